The molecule has 1 aliphatic rings. The number of halogens is 1. The minimum Gasteiger partial charge on any atom is -0.442 e. The standard InChI is InChI=1S/C20H21ClN4O3/c1-13-16(17-18(28-13)22-12-23(2)19(17)26)20(27)25-8-6-24(7-9-25)11-14-4-3-5-15(21)10-14/h3-5,10,12H,6-9,11H2,1-2H3. The third kappa shape index (κ3) is 3.43. The minimum atomic E-state index is -0.273. The predicted molar refractivity (Wildman–Crippen MR) is 107 cm³/mol. The highest BCUT2D eigenvalue weighted by atomic mass is 35.5. The molecule has 0 unspecified atom stereocenters. The number of piperazine rings is 1. The summed E-state index contributed by atoms with van der Waals surface area (Å²) in [5.74, 6) is 0.251. The summed E-state index contributed by atoms with van der Waals surface area (Å²) in [6.45, 7) is 5.18. The Balaban J connectivity index is 1.50. The van der Waals surface area contributed by atoms with Crippen LogP contribution >= 0.6 is 11.6 Å². The zero-order valence-electron chi connectivity index (χ0n) is 15.8. The number of carbonyl (C=O) groups is 1. The molecule has 1 aromatic carbocycles. The molecule has 0 N–H and O–H groups in total. The fraction of sp³-hybridized carbons (Fsp3) is 0.350. The predicted octanol–water partition coefficient (Wildman–Crippen LogP) is 2.45. The lowest BCUT2D eigenvalue weighted by molar-refractivity contribution is 0.0628. The van der Waals surface area contributed by atoms with Crippen LogP contribution in [-0.4, -0.2) is 51.4 Å². The molecular weight excluding hydrogens is 380 g/mol. The van der Waals surface area contributed by atoms with Crippen LogP contribution in [0.25, 0.3) is 11.1 Å². The molecule has 1 saturated heterocycles. The fourth-order valence-corrected chi connectivity index (χ4v) is 3.82. The fourth-order valence-electron chi connectivity index (χ4n) is 3.61. The average molecular weight is 401 g/mol. The van der Waals surface area contributed by atoms with Gasteiger partial charge in [0, 0.05) is 44.8 Å². The summed E-state index contributed by atoms with van der Waals surface area (Å²) < 4.78 is 6.92. The monoisotopic (exact) mass is 400 g/mol. The maximum atomic E-state index is 13.1. The van der Waals surface area contributed by atoms with Crippen molar-refractivity contribution in [3.8, 4) is 0 Å². The van der Waals surface area contributed by atoms with Gasteiger partial charge < -0.3 is 13.9 Å². The Bertz CT molecular complexity index is 1100. The molecule has 0 saturated carbocycles. The molecular formula is C20H21ClN4O3. The Morgan fingerprint density at radius 1 is 1.25 bits per heavy atom. The number of benzene rings is 1. The maximum Gasteiger partial charge on any atom is 0.265 e. The lowest BCUT2D eigenvalue weighted by atomic mass is 10.1. The molecule has 4 rings (SSSR count). The van der Waals surface area contributed by atoms with Gasteiger partial charge in [-0.15, -0.1) is 0 Å². The van der Waals surface area contributed by atoms with Crippen molar-refractivity contribution in [2.75, 3.05) is 26.2 Å². The van der Waals surface area contributed by atoms with E-state index in [-0.39, 0.29) is 22.6 Å². The smallest absolute Gasteiger partial charge is 0.265 e. The quantitative estimate of drug-likeness (QED) is 0.675. The van der Waals surface area contributed by atoms with Gasteiger partial charge in [0.15, 0.2) is 0 Å². The summed E-state index contributed by atoms with van der Waals surface area (Å²) in [7, 11) is 1.61. The molecule has 146 valence electrons. The van der Waals surface area contributed by atoms with Gasteiger partial charge in [0.1, 0.15) is 17.5 Å². The molecule has 2 aromatic heterocycles. The van der Waals surface area contributed by atoms with Crippen LogP contribution < -0.4 is 5.56 Å². The van der Waals surface area contributed by atoms with Crippen molar-refractivity contribution >= 4 is 28.6 Å². The van der Waals surface area contributed by atoms with Crippen LogP contribution in [0.3, 0.4) is 0 Å². The zero-order chi connectivity index (χ0) is 19.8. The van der Waals surface area contributed by atoms with Gasteiger partial charge in [-0.3, -0.25) is 14.5 Å². The van der Waals surface area contributed by atoms with Gasteiger partial charge in [-0.1, -0.05) is 23.7 Å². The Morgan fingerprint density at radius 3 is 2.71 bits per heavy atom. The van der Waals surface area contributed by atoms with Crippen LogP contribution in [0.1, 0.15) is 21.7 Å². The molecule has 3 heterocycles. The SMILES string of the molecule is Cc1oc2ncn(C)c(=O)c2c1C(=O)N1CCN(Cc2cccc(Cl)c2)CC1. The number of fused-ring (bicyclic) bond motifs is 1. The number of nitrogens with zero attached hydrogens (tertiary/aromatic N) is 4. The molecule has 1 aliphatic heterocycles. The maximum absolute atomic E-state index is 13.1. The summed E-state index contributed by atoms with van der Waals surface area (Å²) in [6, 6.07) is 7.81. The number of rotatable bonds is 3. The van der Waals surface area contributed by atoms with Crippen molar-refractivity contribution in [1.82, 2.24) is 19.4 Å². The first-order chi connectivity index (χ1) is 13.4. The van der Waals surface area contributed by atoms with E-state index in [1.807, 2.05) is 24.3 Å². The first-order valence-electron chi connectivity index (χ1n) is 9.15. The van der Waals surface area contributed by atoms with Crippen molar-refractivity contribution in [2.45, 2.75) is 13.5 Å². The van der Waals surface area contributed by atoms with Gasteiger partial charge in [-0.05, 0) is 24.6 Å². The molecule has 8 heteroatoms. The second-order valence-electron chi connectivity index (χ2n) is 7.07. The molecule has 0 radical (unpaired) electrons. The number of furan rings is 1. The molecule has 1 fully saturated rings. The third-order valence-electron chi connectivity index (χ3n) is 5.12. The molecule has 0 spiro atoms. The van der Waals surface area contributed by atoms with Crippen LogP contribution in [0.5, 0.6) is 0 Å². The second kappa shape index (κ2) is 7.41. The number of aryl methyl sites for hydroxylation is 2. The van der Waals surface area contributed by atoms with Crippen molar-refractivity contribution < 1.29 is 9.21 Å². The van der Waals surface area contributed by atoms with E-state index in [9.17, 15) is 9.59 Å². The Hall–Kier alpha value is -2.64. The average Bonchev–Trinajstić information content (AvgIpc) is 3.01. The van der Waals surface area contributed by atoms with E-state index in [1.165, 1.54) is 10.9 Å². The van der Waals surface area contributed by atoms with E-state index in [0.717, 1.165) is 30.2 Å². The zero-order valence-corrected chi connectivity index (χ0v) is 16.6. The number of amides is 1. The summed E-state index contributed by atoms with van der Waals surface area (Å²) in [4.78, 5) is 33.8. The Morgan fingerprint density at radius 2 is 2.00 bits per heavy atom. The highest BCUT2D eigenvalue weighted by molar-refractivity contribution is 6.30. The van der Waals surface area contributed by atoms with Crippen molar-refractivity contribution in [2.24, 2.45) is 7.05 Å². The number of carbonyl (C=O) groups excluding carboxylic acids is 1. The van der Waals surface area contributed by atoms with Crippen LogP contribution in [0.2, 0.25) is 5.02 Å². The largest absolute Gasteiger partial charge is 0.442 e. The molecule has 1 amide bonds. The van der Waals surface area contributed by atoms with Crippen molar-refractivity contribution in [1.29, 1.82) is 0 Å². The summed E-state index contributed by atoms with van der Waals surface area (Å²) in [5, 5.41) is 0.984. The molecule has 3 aromatic rings. The number of aromatic nitrogens is 2. The Labute approximate surface area is 167 Å². The van der Waals surface area contributed by atoms with Gasteiger partial charge in [-0.2, -0.15) is 0 Å². The van der Waals surface area contributed by atoms with E-state index in [1.54, 1.807) is 18.9 Å². The number of hydrogen-bond acceptors (Lipinski definition) is 5. The normalized spacial score (nSPS) is 15.3. The van der Waals surface area contributed by atoms with E-state index in [0.29, 0.717) is 24.4 Å². The summed E-state index contributed by atoms with van der Waals surface area (Å²) in [6.07, 6.45) is 1.40. The van der Waals surface area contributed by atoms with Crippen molar-refractivity contribution in [3.63, 3.8) is 0 Å². The van der Waals surface area contributed by atoms with Crippen molar-refractivity contribution in [3.05, 3.63) is 62.9 Å². The van der Waals surface area contributed by atoms with Crippen LogP contribution in [-0.2, 0) is 13.6 Å². The van der Waals surface area contributed by atoms with Gasteiger partial charge in [0.05, 0.1) is 5.56 Å². The van der Waals surface area contributed by atoms with Crippen LogP contribution in [0.4, 0.5) is 0 Å². The molecule has 7 nitrogen and oxygen atoms in total. The van der Waals surface area contributed by atoms with Crippen LogP contribution in [0.15, 0.2) is 39.8 Å². The third-order valence-corrected chi connectivity index (χ3v) is 5.35. The van der Waals surface area contributed by atoms with E-state index >= 15 is 0 Å². The Kier molecular flexibility index (Phi) is 4.95. The molecule has 0 aliphatic carbocycles. The van der Waals surface area contributed by atoms with Gasteiger partial charge in [0.2, 0.25) is 5.71 Å². The van der Waals surface area contributed by atoms with E-state index < -0.39 is 0 Å². The highest BCUT2D eigenvalue weighted by Crippen LogP contribution is 2.23. The summed E-state index contributed by atoms with van der Waals surface area (Å²) in [5.41, 5.74) is 1.42. The lowest BCUT2D eigenvalue weighted by Gasteiger charge is -2.34. The van der Waals surface area contributed by atoms with Gasteiger partial charge in [-0.25, -0.2) is 4.98 Å². The lowest BCUT2D eigenvalue weighted by Crippen LogP contribution is -2.48. The van der Waals surface area contributed by atoms with E-state index in [2.05, 4.69) is 9.88 Å². The second-order valence-corrected chi connectivity index (χ2v) is 7.51. The first kappa shape index (κ1) is 18.7. The van der Waals surface area contributed by atoms with Gasteiger partial charge >= 0.3 is 0 Å². The highest BCUT2D eigenvalue weighted by Gasteiger charge is 2.28. The van der Waals surface area contributed by atoms with Gasteiger partial charge in [0.25, 0.3) is 11.5 Å². The number of hydrogen-bond donors (Lipinski definition) is 0. The first-order valence-corrected chi connectivity index (χ1v) is 9.52. The van der Waals surface area contributed by atoms with E-state index in [4.69, 9.17) is 16.0 Å². The van der Waals surface area contributed by atoms with Crippen LogP contribution in [0, 0.1) is 6.92 Å². The molecule has 0 atom stereocenters. The molecule has 28 heavy (non-hydrogen) atoms. The molecule has 0 bridgehead atoms. The minimum absolute atomic E-state index is 0.177. The summed E-state index contributed by atoms with van der Waals surface area (Å²) >= 11 is 6.06. The topological polar surface area (TPSA) is 71.6 Å².